The Bertz CT molecular complexity index is 1290. The second kappa shape index (κ2) is 6.93. The SMILES string of the molecule is Cc1[nH]n2c(=O)cc(-c3ccc(C(F)(F)F)cc3)nc2c1-c1ccc(Cl)cc1Cl. The molecule has 0 aliphatic carbocycles. The molecule has 1 N–H and O–H groups in total. The Hall–Kier alpha value is -2.77. The fourth-order valence-corrected chi connectivity index (χ4v) is 3.64. The largest absolute Gasteiger partial charge is 0.416 e. The van der Waals surface area contributed by atoms with Crippen molar-refractivity contribution in [1.29, 1.82) is 0 Å². The summed E-state index contributed by atoms with van der Waals surface area (Å²) < 4.78 is 39.7. The minimum Gasteiger partial charge on any atom is -0.293 e. The number of aromatic amines is 1. The van der Waals surface area contributed by atoms with Gasteiger partial charge in [-0.15, -0.1) is 0 Å². The van der Waals surface area contributed by atoms with Crippen LogP contribution in [0.25, 0.3) is 28.0 Å². The third kappa shape index (κ3) is 3.52. The van der Waals surface area contributed by atoms with E-state index in [0.29, 0.717) is 38.1 Å². The van der Waals surface area contributed by atoms with Gasteiger partial charge in [-0.1, -0.05) is 41.4 Å². The van der Waals surface area contributed by atoms with Crippen molar-refractivity contribution in [1.82, 2.24) is 14.6 Å². The number of alkyl halides is 3. The van der Waals surface area contributed by atoms with Gasteiger partial charge in [0.05, 0.1) is 16.3 Å². The van der Waals surface area contributed by atoms with Crippen LogP contribution in [-0.4, -0.2) is 14.6 Å². The van der Waals surface area contributed by atoms with Crippen LogP contribution in [0.4, 0.5) is 13.2 Å². The lowest BCUT2D eigenvalue weighted by atomic mass is 10.1. The van der Waals surface area contributed by atoms with E-state index in [0.717, 1.165) is 12.1 Å². The Morgan fingerprint density at radius 1 is 1.03 bits per heavy atom. The van der Waals surface area contributed by atoms with Crippen LogP contribution in [0, 0.1) is 6.92 Å². The van der Waals surface area contributed by atoms with Crippen molar-refractivity contribution in [3.05, 3.63) is 80.2 Å². The van der Waals surface area contributed by atoms with E-state index in [9.17, 15) is 18.0 Å². The molecule has 0 amide bonds. The van der Waals surface area contributed by atoms with Crippen LogP contribution >= 0.6 is 23.2 Å². The molecule has 0 saturated heterocycles. The number of H-pyrrole nitrogens is 1. The van der Waals surface area contributed by atoms with Gasteiger partial charge in [-0.25, -0.2) is 9.50 Å². The minimum atomic E-state index is -4.44. The topological polar surface area (TPSA) is 50.2 Å². The van der Waals surface area contributed by atoms with Crippen molar-refractivity contribution < 1.29 is 13.2 Å². The molecule has 0 aliphatic rings. The van der Waals surface area contributed by atoms with Gasteiger partial charge in [0.1, 0.15) is 0 Å². The number of benzene rings is 2. The van der Waals surface area contributed by atoms with Crippen LogP contribution in [0.3, 0.4) is 0 Å². The minimum absolute atomic E-state index is 0.258. The second-order valence-electron chi connectivity index (χ2n) is 6.45. The quantitative estimate of drug-likeness (QED) is 0.418. The zero-order valence-corrected chi connectivity index (χ0v) is 16.3. The van der Waals surface area contributed by atoms with Crippen LogP contribution in [0.5, 0.6) is 0 Å². The summed E-state index contributed by atoms with van der Waals surface area (Å²) in [7, 11) is 0. The Kier molecular flexibility index (Phi) is 4.67. The van der Waals surface area contributed by atoms with E-state index < -0.39 is 17.3 Å². The first kappa shape index (κ1) is 19.5. The molecule has 0 radical (unpaired) electrons. The molecule has 0 spiro atoms. The smallest absolute Gasteiger partial charge is 0.293 e. The molecule has 2 aromatic heterocycles. The third-order valence-electron chi connectivity index (χ3n) is 4.51. The lowest BCUT2D eigenvalue weighted by molar-refractivity contribution is -0.137. The van der Waals surface area contributed by atoms with Gasteiger partial charge in [0.2, 0.25) is 0 Å². The molecule has 0 saturated carbocycles. The van der Waals surface area contributed by atoms with Gasteiger partial charge in [0.15, 0.2) is 5.65 Å². The second-order valence-corrected chi connectivity index (χ2v) is 7.29. The maximum Gasteiger partial charge on any atom is 0.416 e. The average Bonchev–Trinajstić information content (AvgIpc) is 2.98. The first-order valence-corrected chi connectivity index (χ1v) is 9.16. The normalized spacial score (nSPS) is 11.9. The number of hydrogen-bond acceptors (Lipinski definition) is 2. The number of fused-ring (bicyclic) bond motifs is 1. The maximum absolute atomic E-state index is 12.8. The van der Waals surface area contributed by atoms with E-state index in [2.05, 4.69) is 10.1 Å². The predicted molar refractivity (Wildman–Crippen MR) is 106 cm³/mol. The zero-order chi connectivity index (χ0) is 20.9. The number of hydrogen-bond donors (Lipinski definition) is 1. The molecule has 9 heteroatoms. The van der Waals surface area contributed by atoms with Gasteiger partial charge >= 0.3 is 6.18 Å². The summed E-state index contributed by atoms with van der Waals surface area (Å²) in [6.45, 7) is 1.77. The molecule has 4 rings (SSSR count). The summed E-state index contributed by atoms with van der Waals surface area (Å²) in [4.78, 5) is 17.1. The summed E-state index contributed by atoms with van der Waals surface area (Å²) >= 11 is 12.3. The van der Waals surface area contributed by atoms with Gasteiger partial charge in [-0.05, 0) is 31.2 Å². The number of aryl methyl sites for hydroxylation is 1. The van der Waals surface area contributed by atoms with Crippen LogP contribution in [0.2, 0.25) is 10.0 Å². The van der Waals surface area contributed by atoms with E-state index in [4.69, 9.17) is 23.2 Å². The Morgan fingerprint density at radius 2 is 1.72 bits per heavy atom. The number of rotatable bonds is 2. The summed E-state index contributed by atoms with van der Waals surface area (Å²) in [5.74, 6) is 0. The highest BCUT2D eigenvalue weighted by atomic mass is 35.5. The molecule has 2 heterocycles. The van der Waals surface area contributed by atoms with Crippen molar-refractivity contribution in [2.75, 3.05) is 0 Å². The van der Waals surface area contributed by atoms with Gasteiger partial charge in [-0.3, -0.25) is 9.89 Å². The summed E-state index contributed by atoms with van der Waals surface area (Å²) in [5.41, 5.74) is 1.69. The number of nitrogens with one attached hydrogen (secondary N) is 1. The third-order valence-corrected chi connectivity index (χ3v) is 5.05. The lowest BCUT2D eigenvalue weighted by Gasteiger charge is -2.08. The van der Waals surface area contributed by atoms with Crippen molar-refractivity contribution in [3.63, 3.8) is 0 Å². The van der Waals surface area contributed by atoms with Gasteiger partial charge in [0.25, 0.3) is 5.56 Å². The number of halogens is 5. The molecule has 148 valence electrons. The Balaban J connectivity index is 1.92. The first-order chi connectivity index (χ1) is 13.6. The summed E-state index contributed by atoms with van der Waals surface area (Å²) in [5, 5.41) is 3.79. The molecule has 4 aromatic rings. The van der Waals surface area contributed by atoms with Crippen molar-refractivity contribution in [2.45, 2.75) is 13.1 Å². The van der Waals surface area contributed by atoms with E-state index in [1.165, 1.54) is 22.7 Å². The molecule has 0 fully saturated rings. The molecule has 0 bridgehead atoms. The highest BCUT2D eigenvalue weighted by Gasteiger charge is 2.30. The van der Waals surface area contributed by atoms with Gasteiger partial charge < -0.3 is 0 Å². The van der Waals surface area contributed by atoms with E-state index in [-0.39, 0.29) is 5.69 Å². The standard InChI is InChI=1S/C20H12Cl2F3N3O/c1-10-18(14-7-6-13(21)8-15(14)22)19-26-16(9-17(29)28(19)27-10)11-2-4-12(5-3-11)20(23,24)25/h2-9,27H,1H3. The fraction of sp³-hybridized carbons (Fsp3) is 0.100. The van der Waals surface area contributed by atoms with Gasteiger partial charge in [0, 0.05) is 33.5 Å². The van der Waals surface area contributed by atoms with Crippen LogP contribution in [0.15, 0.2) is 53.3 Å². The molecule has 0 unspecified atom stereocenters. The van der Waals surface area contributed by atoms with E-state index >= 15 is 0 Å². The fourth-order valence-electron chi connectivity index (χ4n) is 3.14. The number of aromatic nitrogens is 3. The number of nitrogens with zero attached hydrogens (tertiary/aromatic N) is 2. The van der Waals surface area contributed by atoms with Crippen molar-refractivity contribution in [3.8, 4) is 22.4 Å². The predicted octanol–water partition coefficient (Wildman–Crippen LogP) is 5.99. The molecule has 0 aliphatic heterocycles. The van der Waals surface area contributed by atoms with Crippen LogP contribution < -0.4 is 5.56 Å². The average molecular weight is 438 g/mol. The summed E-state index contributed by atoms with van der Waals surface area (Å²) in [6, 6.07) is 10.7. The Labute approximate surface area is 172 Å². The molecular weight excluding hydrogens is 426 g/mol. The van der Waals surface area contributed by atoms with E-state index in [1.807, 2.05) is 0 Å². The maximum atomic E-state index is 12.8. The molecule has 2 aromatic carbocycles. The van der Waals surface area contributed by atoms with Gasteiger partial charge in [-0.2, -0.15) is 13.2 Å². The zero-order valence-electron chi connectivity index (χ0n) is 14.8. The Morgan fingerprint density at radius 3 is 2.34 bits per heavy atom. The van der Waals surface area contributed by atoms with Crippen LogP contribution in [0.1, 0.15) is 11.3 Å². The van der Waals surface area contributed by atoms with Crippen molar-refractivity contribution >= 4 is 28.8 Å². The van der Waals surface area contributed by atoms with Crippen LogP contribution in [-0.2, 0) is 6.18 Å². The first-order valence-electron chi connectivity index (χ1n) is 8.40. The molecular formula is C20H12Cl2F3N3O. The summed E-state index contributed by atoms with van der Waals surface area (Å²) in [6.07, 6.45) is -4.44. The molecule has 4 nitrogen and oxygen atoms in total. The highest BCUT2D eigenvalue weighted by molar-refractivity contribution is 6.36. The monoisotopic (exact) mass is 437 g/mol. The van der Waals surface area contributed by atoms with Crippen molar-refractivity contribution in [2.24, 2.45) is 0 Å². The lowest BCUT2D eigenvalue weighted by Crippen LogP contribution is -2.14. The molecule has 0 atom stereocenters. The highest BCUT2D eigenvalue weighted by Crippen LogP contribution is 2.35. The molecule has 29 heavy (non-hydrogen) atoms. The van der Waals surface area contributed by atoms with E-state index in [1.54, 1.807) is 25.1 Å².